The van der Waals surface area contributed by atoms with Crippen LogP contribution >= 0.6 is 0 Å². The molecule has 3 aromatic heterocycles. The number of nitrogens with zero attached hydrogens (tertiary/aromatic N) is 6. The van der Waals surface area contributed by atoms with E-state index >= 15 is 0 Å². The van der Waals surface area contributed by atoms with Gasteiger partial charge in [0.25, 0.3) is 11.9 Å². The predicted molar refractivity (Wildman–Crippen MR) is 140 cm³/mol. The van der Waals surface area contributed by atoms with Crippen molar-refractivity contribution in [2.45, 2.75) is 26.6 Å². The highest BCUT2D eigenvalue weighted by atomic mass is 16.2. The lowest BCUT2D eigenvalue weighted by Crippen LogP contribution is -2.28. The van der Waals surface area contributed by atoms with E-state index in [0.29, 0.717) is 24.4 Å². The Bertz CT molecular complexity index is 1510. The van der Waals surface area contributed by atoms with Gasteiger partial charge in [0.05, 0.1) is 10.9 Å². The maximum absolute atomic E-state index is 13.0. The molecular formula is C27H26N8O2. The van der Waals surface area contributed by atoms with Crippen molar-refractivity contribution in [1.82, 2.24) is 35.1 Å². The largest absolute Gasteiger partial charge is 0.331 e. The minimum atomic E-state index is -0.499. The second kappa shape index (κ2) is 10.9. The average Bonchev–Trinajstić information content (AvgIpc) is 3.42. The molecule has 5 rings (SSSR count). The Kier molecular flexibility index (Phi) is 7.09. The van der Waals surface area contributed by atoms with Crippen LogP contribution in [0, 0.1) is 6.92 Å². The van der Waals surface area contributed by atoms with Crippen LogP contribution < -0.4 is 10.7 Å². The van der Waals surface area contributed by atoms with Crippen LogP contribution in [0.5, 0.6) is 0 Å². The molecule has 10 nitrogen and oxygen atoms in total. The second-order valence-electron chi connectivity index (χ2n) is 8.75. The number of pyridine rings is 2. The van der Waals surface area contributed by atoms with Crippen LogP contribution in [-0.4, -0.2) is 47.5 Å². The molecule has 3 heterocycles. The van der Waals surface area contributed by atoms with Crippen molar-refractivity contribution >= 4 is 22.9 Å². The number of carbonyl (C=O) groups excluding carboxylic acids is 1. The molecule has 0 saturated heterocycles. The monoisotopic (exact) mass is 494 g/mol. The number of aromatic nitrogens is 6. The van der Waals surface area contributed by atoms with Gasteiger partial charge in [-0.05, 0) is 29.3 Å². The molecule has 0 radical (unpaired) electrons. The fourth-order valence-corrected chi connectivity index (χ4v) is 4.31. The fourth-order valence-electron chi connectivity index (χ4n) is 4.31. The number of aryl methyl sites for hydroxylation is 1. The van der Waals surface area contributed by atoms with E-state index in [1.54, 1.807) is 19.2 Å². The van der Waals surface area contributed by atoms with Gasteiger partial charge in [0.15, 0.2) is 5.43 Å². The molecule has 0 aliphatic rings. The SMILES string of the molecule is Cc1cc(C(=O)Nc2nn[nH]n2)c2c(=O)ccn(CCN(Cc3ccccc3)Cc3ccccc3)c2n1. The van der Waals surface area contributed by atoms with E-state index in [-0.39, 0.29) is 22.3 Å². The molecule has 186 valence electrons. The average molecular weight is 495 g/mol. The highest BCUT2D eigenvalue weighted by Gasteiger charge is 2.18. The Balaban J connectivity index is 1.44. The predicted octanol–water partition coefficient (Wildman–Crippen LogP) is 3.17. The van der Waals surface area contributed by atoms with Gasteiger partial charge in [-0.2, -0.15) is 5.21 Å². The zero-order chi connectivity index (χ0) is 25.6. The minimum absolute atomic E-state index is 0.0290. The zero-order valence-electron chi connectivity index (χ0n) is 20.3. The first-order valence-corrected chi connectivity index (χ1v) is 11.9. The van der Waals surface area contributed by atoms with Crippen molar-refractivity contribution < 1.29 is 4.79 Å². The molecule has 1 amide bonds. The first-order valence-electron chi connectivity index (χ1n) is 11.9. The summed E-state index contributed by atoms with van der Waals surface area (Å²) in [6.45, 7) is 4.64. The van der Waals surface area contributed by atoms with Crippen molar-refractivity contribution in [3.8, 4) is 0 Å². The van der Waals surface area contributed by atoms with E-state index in [2.05, 4.69) is 60.1 Å². The van der Waals surface area contributed by atoms with Crippen molar-refractivity contribution in [1.29, 1.82) is 0 Å². The first-order chi connectivity index (χ1) is 18.1. The highest BCUT2D eigenvalue weighted by Crippen LogP contribution is 2.17. The lowest BCUT2D eigenvalue weighted by atomic mass is 10.1. The van der Waals surface area contributed by atoms with E-state index in [9.17, 15) is 9.59 Å². The first kappa shape index (κ1) is 24.0. The summed E-state index contributed by atoms with van der Waals surface area (Å²) in [5.74, 6) is -0.470. The van der Waals surface area contributed by atoms with Crippen molar-refractivity contribution in [3.63, 3.8) is 0 Å². The summed E-state index contributed by atoms with van der Waals surface area (Å²) >= 11 is 0. The number of fused-ring (bicyclic) bond motifs is 1. The van der Waals surface area contributed by atoms with Gasteiger partial charge in [-0.3, -0.25) is 19.8 Å². The second-order valence-corrected chi connectivity index (χ2v) is 8.75. The molecule has 0 spiro atoms. The van der Waals surface area contributed by atoms with Gasteiger partial charge in [0.1, 0.15) is 5.65 Å². The number of anilines is 1. The van der Waals surface area contributed by atoms with Gasteiger partial charge in [0.2, 0.25) is 0 Å². The van der Waals surface area contributed by atoms with Crippen LogP contribution in [-0.2, 0) is 19.6 Å². The fraction of sp³-hybridized carbons (Fsp3) is 0.185. The number of tetrazole rings is 1. The summed E-state index contributed by atoms with van der Waals surface area (Å²) in [5, 5.41) is 16.1. The van der Waals surface area contributed by atoms with Crippen LogP contribution in [0.4, 0.5) is 5.95 Å². The quantitative estimate of drug-likeness (QED) is 0.323. The van der Waals surface area contributed by atoms with E-state index in [0.717, 1.165) is 13.1 Å². The Morgan fingerprint density at radius 3 is 2.30 bits per heavy atom. The molecule has 0 saturated carbocycles. The maximum Gasteiger partial charge on any atom is 0.270 e. The third-order valence-electron chi connectivity index (χ3n) is 6.02. The Morgan fingerprint density at radius 2 is 1.68 bits per heavy atom. The summed E-state index contributed by atoms with van der Waals surface area (Å²) in [6, 6.07) is 23.7. The van der Waals surface area contributed by atoms with Gasteiger partial charge in [-0.15, -0.1) is 5.10 Å². The number of hydrogen-bond donors (Lipinski definition) is 2. The minimum Gasteiger partial charge on any atom is -0.331 e. The zero-order valence-corrected chi connectivity index (χ0v) is 20.3. The van der Waals surface area contributed by atoms with E-state index < -0.39 is 5.91 Å². The molecule has 5 aromatic rings. The Morgan fingerprint density at radius 1 is 1.00 bits per heavy atom. The number of benzene rings is 2. The van der Waals surface area contributed by atoms with Crippen molar-refractivity contribution in [2.24, 2.45) is 0 Å². The topological polar surface area (TPSA) is 122 Å². The smallest absolute Gasteiger partial charge is 0.270 e. The van der Waals surface area contributed by atoms with Crippen LogP contribution in [0.2, 0.25) is 0 Å². The number of hydrogen-bond acceptors (Lipinski definition) is 7. The van der Waals surface area contributed by atoms with E-state index in [4.69, 9.17) is 0 Å². The van der Waals surface area contributed by atoms with Gasteiger partial charge in [-0.25, -0.2) is 4.98 Å². The number of rotatable bonds is 9. The number of amides is 1. The number of nitrogens with one attached hydrogen (secondary N) is 2. The summed E-state index contributed by atoms with van der Waals surface area (Å²) < 4.78 is 1.93. The molecule has 0 aliphatic heterocycles. The lowest BCUT2D eigenvalue weighted by molar-refractivity contribution is 0.102. The molecule has 10 heteroatoms. The summed E-state index contributed by atoms with van der Waals surface area (Å²) in [6.07, 6.45) is 1.74. The van der Waals surface area contributed by atoms with Gasteiger partial charge >= 0.3 is 0 Å². The third kappa shape index (κ3) is 5.76. The molecule has 2 aromatic carbocycles. The van der Waals surface area contributed by atoms with Crippen LogP contribution in [0.25, 0.3) is 11.0 Å². The number of aromatic amines is 1. The molecule has 37 heavy (non-hydrogen) atoms. The molecule has 0 fully saturated rings. The number of H-pyrrole nitrogens is 1. The molecule has 0 bridgehead atoms. The Labute approximate surface area is 213 Å². The van der Waals surface area contributed by atoms with Crippen LogP contribution in [0.15, 0.2) is 83.8 Å². The molecule has 0 aliphatic carbocycles. The lowest BCUT2D eigenvalue weighted by Gasteiger charge is -2.24. The third-order valence-corrected chi connectivity index (χ3v) is 6.02. The Hall–Kier alpha value is -4.70. The van der Waals surface area contributed by atoms with E-state index in [1.807, 2.05) is 41.0 Å². The highest BCUT2D eigenvalue weighted by molar-refractivity contribution is 6.11. The van der Waals surface area contributed by atoms with Gasteiger partial charge in [-0.1, -0.05) is 65.8 Å². The van der Waals surface area contributed by atoms with E-state index in [1.165, 1.54) is 17.2 Å². The standard InChI is InChI=1S/C27H26N8O2/c1-19-16-22(26(37)29-27-30-32-33-31-27)24-23(36)12-13-35(25(24)28-19)15-14-34(17-20-8-4-2-5-9-20)18-21-10-6-3-7-11-21/h2-13,16H,14-15,17-18H2,1H3,(H2,29,30,31,32,33,37). The summed E-state index contributed by atoms with van der Waals surface area (Å²) in [4.78, 5) is 32.9. The van der Waals surface area contributed by atoms with Gasteiger partial charge in [0, 0.05) is 44.1 Å². The normalized spacial score (nSPS) is 11.2. The molecule has 0 unspecified atom stereocenters. The molecule has 0 atom stereocenters. The molecular weight excluding hydrogens is 468 g/mol. The number of carbonyl (C=O) groups is 1. The summed E-state index contributed by atoms with van der Waals surface area (Å²) in [5.41, 5.74) is 3.47. The molecule has 2 N–H and O–H groups in total. The summed E-state index contributed by atoms with van der Waals surface area (Å²) in [7, 11) is 0. The van der Waals surface area contributed by atoms with Gasteiger partial charge < -0.3 is 4.57 Å². The maximum atomic E-state index is 13.0. The van der Waals surface area contributed by atoms with Crippen molar-refractivity contribution in [3.05, 3.63) is 112 Å². The van der Waals surface area contributed by atoms with Crippen LogP contribution in [0.3, 0.4) is 0 Å². The van der Waals surface area contributed by atoms with Crippen LogP contribution in [0.1, 0.15) is 27.2 Å². The van der Waals surface area contributed by atoms with Crippen molar-refractivity contribution in [2.75, 3.05) is 11.9 Å².